The van der Waals surface area contributed by atoms with Crippen LogP contribution in [0, 0.1) is 0 Å². The second-order valence-electron chi connectivity index (χ2n) is 8.22. The average Bonchev–Trinajstić information content (AvgIpc) is 2.85. The zero-order chi connectivity index (χ0) is 25.4. The molecule has 11 nitrogen and oxygen atoms in total. The molecule has 0 amide bonds. The second-order valence-corrected chi connectivity index (χ2v) is 8.22. The van der Waals surface area contributed by atoms with E-state index in [2.05, 4.69) is 4.74 Å². The van der Waals surface area contributed by atoms with Crippen molar-refractivity contribution in [1.82, 2.24) is 0 Å². The maximum Gasteiger partial charge on any atom is 0.269 e. The second kappa shape index (κ2) is 9.70. The van der Waals surface area contributed by atoms with Gasteiger partial charge in [-0.3, -0.25) is 0 Å². The third-order valence-corrected chi connectivity index (χ3v) is 6.00. The number of phenolic OH excluding ortho intramolecular Hbond substituents is 2. The molecule has 2 aliphatic heterocycles. The van der Waals surface area contributed by atoms with Gasteiger partial charge in [0.2, 0.25) is 12.0 Å². The fourth-order valence-electron chi connectivity index (χ4n) is 4.07. The molecule has 6 N–H and O–H groups in total. The van der Waals surface area contributed by atoms with Gasteiger partial charge in [0.1, 0.15) is 41.1 Å². The number of aliphatic hydroxyl groups is 4. The van der Waals surface area contributed by atoms with Crippen LogP contribution in [0.3, 0.4) is 0 Å². The Balaban J connectivity index is 1.81. The zero-order valence-corrected chi connectivity index (χ0v) is 19.6. The molecule has 1 unspecified atom stereocenters. The Bertz CT molecular complexity index is 1090. The largest absolute Gasteiger partial charge is 0.584 e. The van der Waals surface area contributed by atoms with Crippen LogP contribution < -0.4 is 14.2 Å². The van der Waals surface area contributed by atoms with Crippen molar-refractivity contribution in [3.63, 3.8) is 0 Å². The van der Waals surface area contributed by atoms with Crippen LogP contribution in [0.25, 0.3) is 6.08 Å². The summed E-state index contributed by atoms with van der Waals surface area (Å²) in [5, 5.41) is 51.2. The molecule has 0 saturated carbocycles. The first kappa shape index (κ1) is 24.7. The Morgan fingerprint density at radius 1 is 0.914 bits per heavy atom. The van der Waals surface area contributed by atoms with Crippen molar-refractivity contribution < 1.29 is 54.0 Å². The van der Waals surface area contributed by atoms with E-state index in [9.17, 15) is 25.5 Å². The third-order valence-electron chi connectivity index (χ3n) is 6.00. The minimum Gasteiger partial charge on any atom is -0.584 e. The number of aliphatic hydroxyl groups excluding tert-OH is 3. The van der Waals surface area contributed by atoms with E-state index in [0.717, 1.165) is 0 Å². The van der Waals surface area contributed by atoms with Crippen molar-refractivity contribution in [1.29, 1.82) is 0 Å². The molecule has 2 aromatic rings. The highest BCUT2D eigenvalue weighted by Gasteiger charge is 2.44. The number of fused-ring (bicyclic) bond motifs is 1. The van der Waals surface area contributed by atoms with Gasteiger partial charge in [-0.2, -0.15) is 0 Å². The quantitative estimate of drug-likeness (QED) is 0.371. The molecule has 2 aliphatic rings. The first-order valence-corrected chi connectivity index (χ1v) is 10.8. The Hall–Kier alpha value is -3.38. The number of rotatable bonds is 6. The van der Waals surface area contributed by atoms with Gasteiger partial charge in [0.25, 0.3) is 5.75 Å². The molecular formula is C24H29O11+. The third kappa shape index (κ3) is 4.50. The van der Waals surface area contributed by atoms with Crippen LogP contribution in [0.2, 0.25) is 0 Å². The molecule has 0 bridgehead atoms. The van der Waals surface area contributed by atoms with Crippen LogP contribution in [0.1, 0.15) is 24.2 Å². The molecule has 0 aliphatic carbocycles. The average molecular weight is 493 g/mol. The summed E-state index contributed by atoms with van der Waals surface area (Å²) in [5.74, 6) is 0.880. The van der Waals surface area contributed by atoms with Crippen molar-refractivity contribution in [2.45, 2.75) is 43.7 Å². The van der Waals surface area contributed by atoms with E-state index in [1.807, 2.05) is 0 Å². The number of phenols is 2. The van der Waals surface area contributed by atoms with Gasteiger partial charge in [-0.05, 0) is 19.1 Å². The summed E-state index contributed by atoms with van der Waals surface area (Å²) in [5.41, 5.74) is 0.957. The summed E-state index contributed by atoms with van der Waals surface area (Å²) in [7, 11) is 4.32. The standard InChI is InChI=1S/C24H28O11/c1-10-19(26)21(28)22(29)24(33-10)35-18-9-13-14(30-2)7-12(25)8-15(13)34-23(18)11-5-16(31-3)20(27)17(6-11)32-4/h5-10,19,21-29H,1-4H3/p+1/t10-,19-,21+,22-,23?,24-/m0/s1. The molecule has 0 radical (unpaired) electrons. The van der Waals surface area contributed by atoms with Crippen LogP contribution in [0.15, 0.2) is 30.0 Å². The van der Waals surface area contributed by atoms with Crippen LogP contribution in [-0.2, 0) is 9.47 Å². The van der Waals surface area contributed by atoms with Crippen LogP contribution in [-0.4, -0.2) is 82.3 Å². The highest BCUT2D eigenvalue weighted by molar-refractivity contribution is 5.70. The Labute approximate surface area is 201 Å². The van der Waals surface area contributed by atoms with Crippen molar-refractivity contribution in [2.24, 2.45) is 0 Å². The van der Waals surface area contributed by atoms with E-state index in [0.29, 0.717) is 22.6 Å². The molecule has 190 valence electrons. The Morgan fingerprint density at radius 3 is 2.17 bits per heavy atom. The monoisotopic (exact) mass is 493 g/mol. The van der Waals surface area contributed by atoms with Crippen molar-refractivity contribution in [2.75, 3.05) is 21.3 Å². The summed E-state index contributed by atoms with van der Waals surface area (Å²) < 4.78 is 32.5. The Kier molecular flexibility index (Phi) is 6.86. The summed E-state index contributed by atoms with van der Waals surface area (Å²) in [6, 6.07) is 5.93. The van der Waals surface area contributed by atoms with Crippen molar-refractivity contribution in [3.8, 4) is 34.5 Å². The van der Waals surface area contributed by atoms with E-state index >= 15 is 0 Å². The number of ether oxygens (including phenoxy) is 6. The van der Waals surface area contributed by atoms with E-state index in [1.165, 1.54) is 38.5 Å². The summed E-state index contributed by atoms with van der Waals surface area (Å²) in [4.78, 5) is 0. The van der Waals surface area contributed by atoms with Crippen LogP contribution >= 0.6 is 0 Å². The molecule has 4 rings (SSSR count). The molecule has 11 heteroatoms. The number of aromatic hydroxyl groups is 3. The fraction of sp³-hybridized carbons (Fsp3) is 0.417. The molecule has 35 heavy (non-hydrogen) atoms. The van der Waals surface area contributed by atoms with Crippen LogP contribution in [0.5, 0.6) is 34.5 Å². The number of benzene rings is 2. The first-order chi connectivity index (χ1) is 16.7. The molecule has 2 heterocycles. The van der Waals surface area contributed by atoms with Gasteiger partial charge in [0.15, 0.2) is 24.7 Å². The lowest BCUT2D eigenvalue weighted by Gasteiger charge is -2.40. The number of methoxy groups -OCH3 is 2. The predicted molar refractivity (Wildman–Crippen MR) is 122 cm³/mol. The van der Waals surface area contributed by atoms with Crippen molar-refractivity contribution in [3.05, 3.63) is 41.2 Å². The molecule has 1 fully saturated rings. The molecule has 6 atom stereocenters. The minimum absolute atomic E-state index is 0.0568. The van der Waals surface area contributed by atoms with Gasteiger partial charge in [0.05, 0.1) is 26.4 Å². The fourth-order valence-corrected chi connectivity index (χ4v) is 4.07. The molecule has 1 saturated heterocycles. The molecule has 0 aromatic heterocycles. The van der Waals surface area contributed by atoms with Gasteiger partial charge in [-0.15, -0.1) is 0 Å². The van der Waals surface area contributed by atoms with Gasteiger partial charge in [-0.25, -0.2) is 0 Å². The minimum atomic E-state index is -1.55. The van der Waals surface area contributed by atoms with Gasteiger partial charge < -0.3 is 54.0 Å². The maximum atomic E-state index is 10.5. The zero-order valence-electron chi connectivity index (χ0n) is 19.6. The molecular weight excluding hydrogens is 464 g/mol. The van der Waals surface area contributed by atoms with Crippen LogP contribution in [0.4, 0.5) is 0 Å². The molecule has 0 spiro atoms. The van der Waals surface area contributed by atoms with E-state index in [1.54, 1.807) is 20.1 Å². The highest BCUT2D eigenvalue weighted by Crippen LogP contribution is 2.47. The topological polar surface area (TPSA) is 160 Å². The number of hydrogen-bond donors (Lipinski definition) is 5. The van der Waals surface area contributed by atoms with Gasteiger partial charge in [0, 0.05) is 17.7 Å². The SMILES string of the molecule is COc1cc(C2Oc3cc(O)cc([OH+]C)c3C=C2O[C@@H]2O[C@@H](C)[C@H](O)[C@@H](O)[C@@H]2O)cc(OC)c1O. The maximum absolute atomic E-state index is 10.5. The van der Waals surface area contributed by atoms with E-state index in [4.69, 9.17) is 23.7 Å². The summed E-state index contributed by atoms with van der Waals surface area (Å²) >= 11 is 0. The predicted octanol–water partition coefficient (Wildman–Crippen LogP) is 1.30. The first-order valence-electron chi connectivity index (χ1n) is 10.8. The Morgan fingerprint density at radius 2 is 1.57 bits per heavy atom. The smallest absolute Gasteiger partial charge is 0.269 e. The number of hydrogen-bond acceptors (Lipinski definition) is 10. The van der Waals surface area contributed by atoms with E-state index in [-0.39, 0.29) is 28.8 Å². The highest BCUT2D eigenvalue weighted by atomic mass is 16.7. The molecule has 2 aromatic carbocycles. The lowest BCUT2D eigenvalue weighted by Crippen LogP contribution is -2.57. The summed E-state index contributed by atoms with van der Waals surface area (Å²) in [6.07, 6.45) is -5.84. The van der Waals surface area contributed by atoms with Gasteiger partial charge in [-0.1, -0.05) is 0 Å². The summed E-state index contributed by atoms with van der Waals surface area (Å²) in [6.45, 7) is 1.54. The van der Waals surface area contributed by atoms with Gasteiger partial charge >= 0.3 is 0 Å². The normalized spacial score (nSPS) is 27.8. The van der Waals surface area contributed by atoms with E-state index < -0.39 is 36.8 Å². The van der Waals surface area contributed by atoms with Crippen molar-refractivity contribution >= 4 is 6.08 Å². The lowest BCUT2D eigenvalue weighted by atomic mass is 9.98. The lowest BCUT2D eigenvalue weighted by molar-refractivity contribution is -0.285.